The lowest BCUT2D eigenvalue weighted by Gasteiger charge is -2.20. The summed E-state index contributed by atoms with van der Waals surface area (Å²) in [5, 5.41) is 22.8. The van der Waals surface area contributed by atoms with Gasteiger partial charge in [-0.15, -0.1) is 0 Å². The minimum Gasteiger partial charge on any atom is -0.394 e. The molecule has 2 unspecified atom stereocenters. The van der Waals surface area contributed by atoms with E-state index < -0.39 is 12.1 Å². The molecule has 2 atom stereocenters. The van der Waals surface area contributed by atoms with E-state index in [0.717, 1.165) is 57.8 Å². The van der Waals surface area contributed by atoms with Crippen LogP contribution in [-0.2, 0) is 4.79 Å². The third-order valence-electron chi connectivity index (χ3n) is 10.4. The van der Waals surface area contributed by atoms with E-state index in [1.165, 1.54) is 148 Å². The van der Waals surface area contributed by atoms with E-state index in [0.29, 0.717) is 6.42 Å². The van der Waals surface area contributed by atoms with Gasteiger partial charge in [0.25, 0.3) is 0 Å². The molecule has 0 saturated carbocycles. The van der Waals surface area contributed by atoms with Crippen LogP contribution < -0.4 is 5.32 Å². The first kappa shape index (κ1) is 52.8. The van der Waals surface area contributed by atoms with E-state index in [-0.39, 0.29) is 12.5 Å². The Balaban J connectivity index is 3.43. The van der Waals surface area contributed by atoms with E-state index in [1.807, 2.05) is 6.08 Å². The van der Waals surface area contributed by atoms with Crippen LogP contribution in [0.3, 0.4) is 0 Å². The van der Waals surface area contributed by atoms with Gasteiger partial charge < -0.3 is 15.5 Å². The zero-order valence-corrected chi connectivity index (χ0v) is 36.4. The summed E-state index contributed by atoms with van der Waals surface area (Å²) in [6.07, 6.45) is 66.2. The largest absolute Gasteiger partial charge is 0.394 e. The van der Waals surface area contributed by atoms with Crippen molar-refractivity contribution in [3.05, 3.63) is 72.9 Å². The Labute approximate surface area is 342 Å². The van der Waals surface area contributed by atoms with Crippen molar-refractivity contribution in [1.29, 1.82) is 0 Å². The fourth-order valence-corrected chi connectivity index (χ4v) is 6.85. The molecule has 55 heavy (non-hydrogen) atoms. The molecule has 4 nitrogen and oxygen atoms in total. The van der Waals surface area contributed by atoms with Gasteiger partial charge in [0, 0.05) is 6.42 Å². The predicted molar refractivity (Wildman–Crippen MR) is 244 cm³/mol. The van der Waals surface area contributed by atoms with Crippen molar-refractivity contribution in [1.82, 2.24) is 5.32 Å². The second-order valence-corrected chi connectivity index (χ2v) is 15.8. The fraction of sp³-hybridized carbons (Fsp3) is 0.745. The molecular weight excluding hydrogens is 675 g/mol. The fourth-order valence-electron chi connectivity index (χ4n) is 6.85. The molecule has 0 spiro atoms. The van der Waals surface area contributed by atoms with Crippen molar-refractivity contribution in [2.45, 2.75) is 238 Å². The summed E-state index contributed by atoms with van der Waals surface area (Å²) in [4.78, 5) is 12.3. The molecule has 0 saturated heterocycles. The average Bonchev–Trinajstić information content (AvgIpc) is 3.19. The molecule has 0 aromatic rings. The van der Waals surface area contributed by atoms with Crippen molar-refractivity contribution in [2.75, 3.05) is 6.61 Å². The van der Waals surface area contributed by atoms with Crippen molar-refractivity contribution < 1.29 is 15.0 Å². The van der Waals surface area contributed by atoms with Crippen LogP contribution in [0.2, 0.25) is 0 Å². The van der Waals surface area contributed by atoms with Crippen molar-refractivity contribution >= 4 is 5.91 Å². The Kier molecular flexibility index (Phi) is 44.4. The molecule has 4 heteroatoms. The van der Waals surface area contributed by atoms with E-state index in [1.54, 1.807) is 6.08 Å². The second-order valence-electron chi connectivity index (χ2n) is 15.8. The quantitative estimate of drug-likeness (QED) is 0.0428. The maximum absolute atomic E-state index is 12.3. The van der Waals surface area contributed by atoms with E-state index in [2.05, 4.69) is 79.9 Å². The Hall–Kier alpha value is -2.17. The molecule has 0 radical (unpaired) electrons. The molecule has 3 N–H and O–H groups in total. The van der Waals surface area contributed by atoms with Gasteiger partial charge in [0.15, 0.2) is 0 Å². The van der Waals surface area contributed by atoms with Gasteiger partial charge in [-0.05, 0) is 64.2 Å². The van der Waals surface area contributed by atoms with Crippen LogP contribution in [0.15, 0.2) is 72.9 Å². The lowest BCUT2D eigenvalue weighted by Crippen LogP contribution is -2.45. The number of hydrogen-bond donors (Lipinski definition) is 3. The monoisotopic (exact) mass is 766 g/mol. The molecule has 0 fully saturated rings. The number of hydrogen-bond acceptors (Lipinski definition) is 3. The SMILES string of the molecule is CC/C=C\C/C=C\C/C=C\C/C=C\C/C=C\CCCCCCCCCCCCCCCCCCCCCC(=O)NC(CO)C(O)/C=C/CCCCCCCC. The topological polar surface area (TPSA) is 69.6 Å². The molecule has 318 valence electrons. The Morgan fingerprint density at radius 1 is 0.455 bits per heavy atom. The van der Waals surface area contributed by atoms with Crippen LogP contribution in [0.5, 0.6) is 0 Å². The van der Waals surface area contributed by atoms with Crippen LogP contribution in [0.4, 0.5) is 0 Å². The van der Waals surface area contributed by atoms with Gasteiger partial charge in [-0.1, -0.05) is 228 Å². The Bertz CT molecular complexity index is 961. The minimum absolute atomic E-state index is 0.0677. The summed E-state index contributed by atoms with van der Waals surface area (Å²) in [5.41, 5.74) is 0. The van der Waals surface area contributed by atoms with Gasteiger partial charge >= 0.3 is 0 Å². The van der Waals surface area contributed by atoms with Gasteiger partial charge in [-0.25, -0.2) is 0 Å². The minimum atomic E-state index is -0.837. The number of amides is 1. The molecule has 0 aromatic carbocycles. The van der Waals surface area contributed by atoms with Gasteiger partial charge in [-0.3, -0.25) is 4.79 Å². The van der Waals surface area contributed by atoms with E-state index >= 15 is 0 Å². The summed E-state index contributed by atoms with van der Waals surface area (Å²) >= 11 is 0. The number of rotatable bonds is 42. The van der Waals surface area contributed by atoms with E-state index in [9.17, 15) is 15.0 Å². The van der Waals surface area contributed by atoms with Gasteiger partial charge in [-0.2, -0.15) is 0 Å². The highest BCUT2D eigenvalue weighted by Gasteiger charge is 2.17. The molecule has 0 bridgehead atoms. The van der Waals surface area contributed by atoms with Gasteiger partial charge in [0.1, 0.15) is 0 Å². The maximum Gasteiger partial charge on any atom is 0.220 e. The number of aliphatic hydroxyl groups excluding tert-OH is 2. The van der Waals surface area contributed by atoms with Crippen LogP contribution >= 0.6 is 0 Å². The highest BCUT2D eigenvalue weighted by molar-refractivity contribution is 5.76. The predicted octanol–water partition coefficient (Wildman–Crippen LogP) is 15.1. The first-order chi connectivity index (χ1) is 27.2. The molecule has 0 aliphatic rings. The van der Waals surface area contributed by atoms with Crippen molar-refractivity contribution in [3.8, 4) is 0 Å². The lowest BCUT2D eigenvalue weighted by molar-refractivity contribution is -0.123. The number of aliphatic hydroxyl groups is 2. The Morgan fingerprint density at radius 3 is 1.20 bits per heavy atom. The number of nitrogens with one attached hydrogen (secondary N) is 1. The second kappa shape index (κ2) is 46.2. The average molecular weight is 766 g/mol. The van der Waals surface area contributed by atoms with Crippen molar-refractivity contribution in [2.24, 2.45) is 0 Å². The third kappa shape index (κ3) is 42.8. The van der Waals surface area contributed by atoms with Crippen LogP contribution in [-0.4, -0.2) is 34.9 Å². The first-order valence-electron chi connectivity index (χ1n) is 23.7. The zero-order chi connectivity index (χ0) is 40.0. The van der Waals surface area contributed by atoms with Crippen molar-refractivity contribution in [3.63, 3.8) is 0 Å². The molecule has 0 aliphatic heterocycles. The van der Waals surface area contributed by atoms with Crippen LogP contribution in [0.1, 0.15) is 226 Å². The summed E-state index contributed by atoms with van der Waals surface area (Å²) in [6, 6.07) is -0.620. The highest BCUT2D eigenvalue weighted by Crippen LogP contribution is 2.15. The molecular formula is C51H91NO3. The number of allylic oxidation sites excluding steroid dienone is 11. The van der Waals surface area contributed by atoms with Gasteiger partial charge in [0.05, 0.1) is 18.8 Å². The smallest absolute Gasteiger partial charge is 0.220 e. The molecule has 0 heterocycles. The van der Waals surface area contributed by atoms with Crippen LogP contribution in [0.25, 0.3) is 0 Å². The summed E-state index contributed by atoms with van der Waals surface area (Å²) < 4.78 is 0. The molecule has 0 aliphatic carbocycles. The Morgan fingerprint density at radius 2 is 0.800 bits per heavy atom. The number of carbonyl (C=O) groups is 1. The summed E-state index contributed by atoms with van der Waals surface area (Å²) in [7, 11) is 0. The normalized spacial score (nSPS) is 13.6. The lowest BCUT2D eigenvalue weighted by atomic mass is 10.0. The molecule has 0 aromatic heterocycles. The standard InChI is InChI=1S/C51H91NO3/c1-3-5-7-9-11-13-14-15-16-17-18-19-20-21-22-23-24-25-26-27-28-29-30-31-32-33-34-35-36-37-38-39-41-43-45-47-51(55)52-49(48-53)50(54)46-44-42-40-12-10-8-6-4-2/h5,7,11,13,15-16,18-19,21-22,44,46,49-50,53-54H,3-4,6,8-10,12,14,17,20,23-43,45,47-48H2,1-2H3,(H,52,55)/b7-5-,13-11-,16-15-,19-18-,22-21-,46-44+. The number of unbranched alkanes of at least 4 members (excludes halogenated alkanes) is 25. The summed E-state index contributed by atoms with van der Waals surface area (Å²) in [6.45, 7) is 4.15. The number of carbonyl (C=O) groups excluding carboxylic acids is 1. The zero-order valence-electron chi connectivity index (χ0n) is 36.4. The maximum atomic E-state index is 12.3. The molecule has 0 rings (SSSR count). The van der Waals surface area contributed by atoms with Crippen LogP contribution in [0, 0.1) is 0 Å². The summed E-state index contributed by atoms with van der Waals surface area (Å²) in [5.74, 6) is -0.0677. The third-order valence-corrected chi connectivity index (χ3v) is 10.4. The molecule has 1 amide bonds. The van der Waals surface area contributed by atoms with E-state index in [4.69, 9.17) is 0 Å². The highest BCUT2D eigenvalue weighted by atomic mass is 16.3. The first-order valence-corrected chi connectivity index (χ1v) is 23.7. The van der Waals surface area contributed by atoms with Gasteiger partial charge in [0.2, 0.25) is 5.91 Å².